The SMILES string of the molecule is CC(CN1CCCC1)Cn1c(=O)[nH]c(Cl)c(F)c1=O. The number of hydrogen-bond donors (Lipinski definition) is 1. The molecule has 1 aliphatic heterocycles. The first-order valence-electron chi connectivity index (χ1n) is 6.39. The van der Waals surface area contributed by atoms with Crippen LogP contribution in [-0.4, -0.2) is 34.1 Å². The van der Waals surface area contributed by atoms with Crippen LogP contribution < -0.4 is 11.2 Å². The molecule has 1 unspecified atom stereocenters. The van der Waals surface area contributed by atoms with Gasteiger partial charge in [0, 0.05) is 13.1 Å². The van der Waals surface area contributed by atoms with Crippen LogP contribution in [0.5, 0.6) is 0 Å². The molecule has 0 aliphatic carbocycles. The highest BCUT2D eigenvalue weighted by Gasteiger charge is 2.18. The van der Waals surface area contributed by atoms with Crippen molar-refractivity contribution in [2.45, 2.75) is 26.3 Å². The van der Waals surface area contributed by atoms with Gasteiger partial charge in [0.1, 0.15) is 0 Å². The van der Waals surface area contributed by atoms with Crippen molar-refractivity contribution in [2.75, 3.05) is 19.6 Å². The number of H-pyrrole nitrogens is 1. The van der Waals surface area contributed by atoms with Gasteiger partial charge in [-0.15, -0.1) is 0 Å². The van der Waals surface area contributed by atoms with Gasteiger partial charge in [-0.3, -0.25) is 14.3 Å². The number of nitrogens with zero attached hydrogens (tertiary/aromatic N) is 2. The van der Waals surface area contributed by atoms with E-state index in [4.69, 9.17) is 11.6 Å². The zero-order valence-corrected chi connectivity index (χ0v) is 11.5. The average molecular weight is 290 g/mol. The Labute approximate surface area is 115 Å². The van der Waals surface area contributed by atoms with Crippen molar-refractivity contribution in [2.24, 2.45) is 5.92 Å². The number of halogens is 2. The molecule has 2 heterocycles. The molecule has 0 aromatic carbocycles. The molecule has 1 aliphatic rings. The van der Waals surface area contributed by atoms with Crippen LogP contribution in [-0.2, 0) is 6.54 Å². The van der Waals surface area contributed by atoms with Crippen LogP contribution in [0.2, 0.25) is 5.15 Å². The summed E-state index contributed by atoms with van der Waals surface area (Å²) in [7, 11) is 0. The summed E-state index contributed by atoms with van der Waals surface area (Å²) >= 11 is 5.41. The topological polar surface area (TPSA) is 58.1 Å². The van der Waals surface area contributed by atoms with E-state index in [-0.39, 0.29) is 12.5 Å². The summed E-state index contributed by atoms with van der Waals surface area (Å²) in [4.78, 5) is 27.7. The first-order chi connectivity index (χ1) is 8.99. The van der Waals surface area contributed by atoms with Gasteiger partial charge in [-0.1, -0.05) is 18.5 Å². The van der Waals surface area contributed by atoms with E-state index in [2.05, 4.69) is 9.88 Å². The second-order valence-corrected chi connectivity index (χ2v) is 5.46. The molecule has 106 valence electrons. The van der Waals surface area contributed by atoms with Crippen LogP contribution in [0.4, 0.5) is 4.39 Å². The smallest absolute Gasteiger partial charge is 0.303 e. The third-order valence-corrected chi connectivity index (χ3v) is 3.61. The molecule has 2 rings (SSSR count). The Balaban J connectivity index is 2.12. The lowest BCUT2D eigenvalue weighted by atomic mass is 10.1. The van der Waals surface area contributed by atoms with Crippen molar-refractivity contribution >= 4 is 11.6 Å². The molecule has 0 amide bonds. The van der Waals surface area contributed by atoms with Gasteiger partial charge in [-0.05, 0) is 31.8 Å². The van der Waals surface area contributed by atoms with E-state index in [9.17, 15) is 14.0 Å². The molecular formula is C12H17ClFN3O2. The second kappa shape index (κ2) is 5.88. The van der Waals surface area contributed by atoms with Crippen molar-refractivity contribution in [1.82, 2.24) is 14.5 Å². The Hall–Kier alpha value is -1.14. The van der Waals surface area contributed by atoms with E-state index in [1.165, 1.54) is 12.8 Å². The summed E-state index contributed by atoms with van der Waals surface area (Å²) in [5, 5.41) is -0.529. The van der Waals surface area contributed by atoms with Crippen molar-refractivity contribution < 1.29 is 4.39 Å². The molecule has 7 heteroatoms. The van der Waals surface area contributed by atoms with Gasteiger partial charge in [-0.2, -0.15) is 4.39 Å². The zero-order chi connectivity index (χ0) is 14.0. The van der Waals surface area contributed by atoms with Crippen molar-refractivity contribution in [3.63, 3.8) is 0 Å². The Bertz CT molecular complexity index is 563. The molecule has 5 nitrogen and oxygen atoms in total. The molecule has 0 bridgehead atoms. The number of rotatable bonds is 4. The summed E-state index contributed by atoms with van der Waals surface area (Å²) < 4.78 is 14.3. The standard InChI is InChI=1S/C12H17ClFN3O2/c1-8(6-16-4-2-3-5-16)7-17-11(18)9(14)10(13)15-12(17)19/h8H,2-7H2,1H3,(H,15,19). The number of hydrogen-bond acceptors (Lipinski definition) is 3. The Kier molecular flexibility index (Phi) is 4.42. The fourth-order valence-corrected chi connectivity index (χ4v) is 2.62. The highest BCUT2D eigenvalue weighted by molar-refractivity contribution is 6.29. The third-order valence-electron chi connectivity index (χ3n) is 3.35. The zero-order valence-electron chi connectivity index (χ0n) is 10.8. The molecular weight excluding hydrogens is 273 g/mol. The number of aromatic nitrogens is 2. The molecule has 19 heavy (non-hydrogen) atoms. The van der Waals surface area contributed by atoms with Crippen LogP contribution >= 0.6 is 11.6 Å². The summed E-state index contributed by atoms with van der Waals surface area (Å²) in [6.07, 6.45) is 2.37. The van der Waals surface area contributed by atoms with E-state index in [0.717, 1.165) is 24.2 Å². The highest BCUT2D eigenvalue weighted by Crippen LogP contribution is 2.11. The van der Waals surface area contributed by atoms with E-state index in [0.29, 0.717) is 0 Å². The van der Waals surface area contributed by atoms with Gasteiger partial charge >= 0.3 is 5.69 Å². The maximum absolute atomic E-state index is 13.4. The van der Waals surface area contributed by atoms with Gasteiger partial charge < -0.3 is 4.90 Å². The predicted octanol–water partition coefficient (Wildman–Crippen LogP) is 1.06. The fraction of sp³-hybridized carbons (Fsp3) is 0.667. The first kappa shape index (κ1) is 14.3. The predicted molar refractivity (Wildman–Crippen MR) is 71.1 cm³/mol. The lowest BCUT2D eigenvalue weighted by Gasteiger charge is -2.20. The first-order valence-corrected chi connectivity index (χ1v) is 6.77. The van der Waals surface area contributed by atoms with Gasteiger partial charge in [0.25, 0.3) is 5.56 Å². The van der Waals surface area contributed by atoms with Crippen LogP contribution in [0.3, 0.4) is 0 Å². The number of likely N-dealkylation sites (tertiary alicyclic amines) is 1. The van der Waals surface area contributed by atoms with Crippen molar-refractivity contribution in [1.29, 1.82) is 0 Å². The van der Waals surface area contributed by atoms with Crippen molar-refractivity contribution in [3.05, 3.63) is 31.8 Å². The van der Waals surface area contributed by atoms with Gasteiger partial charge in [0.15, 0.2) is 5.15 Å². The second-order valence-electron chi connectivity index (χ2n) is 5.09. The molecule has 1 N–H and O–H groups in total. The largest absolute Gasteiger partial charge is 0.329 e. The molecule has 0 saturated carbocycles. The normalized spacial score (nSPS) is 17.8. The molecule has 1 saturated heterocycles. The maximum Gasteiger partial charge on any atom is 0.329 e. The van der Waals surface area contributed by atoms with Gasteiger partial charge in [-0.25, -0.2) is 4.79 Å². The number of nitrogens with one attached hydrogen (secondary N) is 1. The minimum Gasteiger partial charge on any atom is -0.303 e. The minimum atomic E-state index is -1.10. The minimum absolute atomic E-state index is 0.0949. The van der Waals surface area contributed by atoms with E-state index in [1.807, 2.05) is 6.92 Å². The molecule has 1 atom stereocenters. The number of aromatic amines is 1. The van der Waals surface area contributed by atoms with Gasteiger partial charge in [0.2, 0.25) is 5.82 Å². The van der Waals surface area contributed by atoms with Crippen LogP contribution in [0.25, 0.3) is 0 Å². The average Bonchev–Trinajstić information content (AvgIpc) is 2.85. The van der Waals surface area contributed by atoms with Crippen molar-refractivity contribution in [3.8, 4) is 0 Å². The monoisotopic (exact) mass is 289 g/mol. The molecule has 1 aromatic rings. The lowest BCUT2D eigenvalue weighted by Crippen LogP contribution is -2.40. The Morgan fingerprint density at radius 1 is 1.32 bits per heavy atom. The Morgan fingerprint density at radius 2 is 1.95 bits per heavy atom. The summed E-state index contributed by atoms with van der Waals surface area (Å²) in [6, 6.07) is 0. The molecule has 1 fully saturated rings. The summed E-state index contributed by atoms with van der Waals surface area (Å²) in [6.45, 7) is 5.03. The summed E-state index contributed by atoms with van der Waals surface area (Å²) in [5.74, 6) is -1.01. The van der Waals surface area contributed by atoms with E-state index >= 15 is 0 Å². The summed E-state index contributed by atoms with van der Waals surface area (Å²) in [5.41, 5.74) is -1.62. The van der Waals surface area contributed by atoms with Crippen LogP contribution in [0.1, 0.15) is 19.8 Å². The van der Waals surface area contributed by atoms with E-state index < -0.39 is 22.2 Å². The lowest BCUT2D eigenvalue weighted by molar-refractivity contribution is 0.267. The van der Waals surface area contributed by atoms with E-state index in [1.54, 1.807) is 0 Å². The molecule has 1 aromatic heterocycles. The molecule has 0 spiro atoms. The maximum atomic E-state index is 13.4. The highest BCUT2D eigenvalue weighted by atomic mass is 35.5. The quantitative estimate of drug-likeness (QED) is 0.843. The van der Waals surface area contributed by atoms with Crippen LogP contribution in [0.15, 0.2) is 9.59 Å². The van der Waals surface area contributed by atoms with Crippen LogP contribution in [0, 0.1) is 11.7 Å². The Morgan fingerprint density at radius 3 is 2.58 bits per heavy atom. The third kappa shape index (κ3) is 3.25. The van der Waals surface area contributed by atoms with Gasteiger partial charge in [0.05, 0.1) is 0 Å². The molecule has 0 radical (unpaired) electrons. The fourth-order valence-electron chi connectivity index (χ4n) is 2.46.